The van der Waals surface area contributed by atoms with E-state index < -0.39 is 11.7 Å². The summed E-state index contributed by atoms with van der Waals surface area (Å²) >= 11 is 0. The number of alkyl halides is 3. The number of rotatable bonds is 2. The number of nitrogens with zero attached hydrogens (tertiary/aromatic N) is 2. The van der Waals surface area contributed by atoms with E-state index in [1.165, 1.54) is 13.2 Å². The van der Waals surface area contributed by atoms with Crippen molar-refractivity contribution >= 4 is 11.0 Å². The maximum absolute atomic E-state index is 12.9. The second kappa shape index (κ2) is 5.29. The van der Waals surface area contributed by atoms with Gasteiger partial charge in [0.1, 0.15) is 5.52 Å². The molecule has 0 saturated heterocycles. The molecule has 1 aromatic carbocycles. The van der Waals surface area contributed by atoms with Crippen molar-refractivity contribution in [2.45, 2.75) is 6.18 Å². The molecule has 3 aromatic rings. The van der Waals surface area contributed by atoms with Crippen LogP contribution >= 0.6 is 0 Å². The number of fused-ring (bicyclic) bond motifs is 1. The van der Waals surface area contributed by atoms with Crippen molar-refractivity contribution in [1.82, 2.24) is 9.97 Å². The highest BCUT2D eigenvalue weighted by molar-refractivity contribution is 5.91. The Hall–Kier alpha value is -2.63. The molecular weight excluding hydrogens is 293 g/mol. The Morgan fingerprint density at radius 3 is 2.59 bits per heavy atom. The molecule has 0 bridgehead atoms. The van der Waals surface area contributed by atoms with Crippen LogP contribution in [0.15, 0.2) is 48.7 Å². The number of methoxy groups -OCH3 is 1. The van der Waals surface area contributed by atoms with E-state index in [-0.39, 0.29) is 0 Å². The largest absolute Gasteiger partial charge is 0.481 e. The van der Waals surface area contributed by atoms with E-state index in [2.05, 4.69) is 9.97 Å². The lowest BCUT2D eigenvalue weighted by atomic mass is 10.0. The molecule has 0 atom stereocenters. The monoisotopic (exact) mass is 304 g/mol. The fraction of sp³-hybridized carbons (Fsp3) is 0.125. The van der Waals surface area contributed by atoms with Crippen molar-refractivity contribution in [2.75, 3.05) is 7.11 Å². The first kappa shape index (κ1) is 14.3. The smallest absolute Gasteiger partial charge is 0.416 e. The number of hydrogen-bond acceptors (Lipinski definition) is 3. The van der Waals surface area contributed by atoms with Crippen molar-refractivity contribution in [3.05, 3.63) is 54.2 Å². The first-order valence-electron chi connectivity index (χ1n) is 6.46. The Labute approximate surface area is 124 Å². The summed E-state index contributed by atoms with van der Waals surface area (Å²) in [6.07, 6.45) is -2.84. The minimum Gasteiger partial charge on any atom is -0.481 e. The SMILES string of the molecule is COc1ccc2nccc(-c3cccc(C(F)(F)F)c3)c2n1. The predicted octanol–water partition coefficient (Wildman–Crippen LogP) is 4.32. The van der Waals surface area contributed by atoms with E-state index in [0.717, 1.165) is 12.1 Å². The van der Waals surface area contributed by atoms with Gasteiger partial charge in [0.2, 0.25) is 5.88 Å². The molecule has 0 aliphatic carbocycles. The summed E-state index contributed by atoms with van der Waals surface area (Å²) in [6, 6.07) is 10.2. The third-order valence-corrected chi connectivity index (χ3v) is 3.27. The Bertz CT molecular complexity index is 831. The molecule has 0 radical (unpaired) electrons. The highest BCUT2D eigenvalue weighted by atomic mass is 19.4. The van der Waals surface area contributed by atoms with Crippen molar-refractivity contribution < 1.29 is 17.9 Å². The van der Waals surface area contributed by atoms with Gasteiger partial charge in [-0.2, -0.15) is 13.2 Å². The van der Waals surface area contributed by atoms with E-state index in [9.17, 15) is 13.2 Å². The lowest BCUT2D eigenvalue weighted by Gasteiger charge is -2.10. The van der Waals surface area contributed by atoms with Gasteiger partial charge in [0.25, 0.3) is 0 Å². The van der Waals surface area contributed by atoms with Crippen LogP contribution < -0.4 is 4.74 Å². The lowest BCUT2D eigenvalue weighted by molar-refractivity contribution is -0.137. The average molecular weight is 304 g/mol. The molecule has 0 aliphatic heterocycles. The fourth-order valence-corrected chi connectivity index (χ4v) is 2.22. The third kappa shape index (κ3) is 2.59. The summed E-state index contributed by atoms with van der Waals surface area (Å²) in [5.74, 6) is 0.383. The molecule has 0 N–H and O–H groups in total. The summed E-state index contributed by atoms with van der Waals surface area (Å²) < 4.78 is 43.7. The highest BCUT2D eigenvalue weighted by Crippen LogP contribution is 2.34. The maximum atomic E-state index is 12.9. The van der Waals surface area contributed by atoms with Gasteiger partial charge in [-0.15, -0.1) is 0 Å². The van der Waals surface area contributed by atoms with Crippen molar-refractivity contribution in [1.29, 1.82) is 0 Å². The van der Waals surface area contributed by atoms with Gasteiger partial charge in [-0.3, -0.25) is 4.98 Å². The van der Waals surface area contributed by atoms with Gasteiger partial charge in [-0.1, -0.05) is 12.1 Å². The number of halogens is 3. The van der Waals surface area contributed by atoms with E-state index in [0.29, 0.717) is 28.0 Å². The zero-order valence-electron chi connectivity index (χ0n) is 11.6. The van der Waals surface area contributed by atoms with Gasteiger partial charge in [0, 0.05) is 17.8 Å². The molecule has 2 heterocycles. The number of pyridine rings is 2. The first-order valence-corrected chi connectivity index (χ1v) is 6.46. The van der Waals surface area contributed by atoms with E-state index >= 15 is 0 Å². The highest BCUT2D eigenvalue weighted by Gasteiger charge is 2.30. The van der Waals surface area contributed by atoms with Crippen molar-refractivity contribution in [2.24, 2.45) is 0 Å². The molecule has 0 saturated carbocycles. The third-order valence-electron chi connectivity index (χ3n) is 3.27. The molecule has 0 amide bonds. The van der Waals surface area contributed by atoms with E-state index in [1.807, 2.05) is 0 Å². The van der Waals surface area contributed by atoms with E-state index in [1.54, 1.807) is 30.5 Å². The van der Waals surface area contributed by atoms with Gasteiger partial charge in [0.15, 0.2) is 0 Å². The zero-order valence-corrected chi connectivity index (χ0v) is 11.6. The molecule has 22 heavy (non-hydrogen) atoms. The predicted molar refractivity (Wildman–Crippen MR) is 76.5 cm³/mol. The molecule has 2 aromatic heterocycles. The standard InChI is InChI=1S/C16H11F3N2O/c1-22-14-6-5-13-15(21-14)12(7-8-20-13)10-3-2-4-11(9-10)16(17,18)19/h2-9H,1H3. The first-order chi connectivity index (χ1) is 10.5. The van der Waals surface area contributed by atoms with Crippen LogP contribution in [-0.2, 0) is 6.18 Å². The molecule has 3 rings (SSSR count). The van der Waals surface area contributed by atoms with Crippen molar-refractivity contribution in [3.63, 3.8) is 0 Å². The molecule has 0 spiro atoms. The van der Waals surface area contributed by atoms with Crippen LogP contribution in [0, 0.1) is 0 Å². The minimum atomic E-state index is -4.38. The number of benzene rings is 1. The van der Waals surface area contributed by atoms with Crippen LogP contribution in [0.1, 0.15) is 5.56 Å². The molecular formula is C16H11F3N2O. The quantitative estimate of drug-likeness (QED) is 0.707. The van der Waals surface area contributed by atoms with Gasteiger partial charge >= 0.3 is 6.18 Å². The Morgan fingerprint density at radius 2 is 1.86 bits per heavy atom. The van der Waals surface area contributed by atoms with Crippen LogP contribution in [-0.4, -0.2) is 17.1 Å². The van der Waals surface area contributed by atoms with Gasteiger partial charge < -0.3 is 4.74 Å². The number of aromatic nitrogens is 2. The van der Waals surface area contributed by atoms with E-state index in [4.69, 9.17) is 4.74 Å². The van der Waals surface area contributed by atoms with Crippen LogP contribution in [0.4, 0.5) is 13.2 Å². The molecule has 3 nitrogen and oxygen atoms in total. The Kier molecular flexibility index (Phi) is 3.44. The normalized spacial score (nSPS) is 11.6. The van der Waals surface area contributed by atoms with Crippen LogP contribution in [0.5, 0.6) is 5.88 Å². The summed E-state index contributed by atoms with van der Waals surface area (Å²) in [5.41, 5.74) is 1.41. The number of ether oxygens (including phenoxy) is 1. The lowest BCUT2D eigenvalue weighted by Crippen LogP contribution is -2.04. The topological polar surface area (TPSA) is 35.0 Å². The van der Waals surface area contributed by atoms with Crippen LogP contribution in [0.25, 0.3) is 22.2 Å². The second-order valence-corrected chi connectivity index (χ2v) is 4.66. The minimum absolute atomic E-state index is 0.383. The van der Waals surface area contributed by atoms with Gasteiger partial charge in [-0.05, 0) is 29.8 Å². The molecule has 112 valence electrons. The van der Waals surface area contributed by atoms with Crippen LogP contribution in [0.2, 0.25) is 0 Å². The Balaban J connectivity index is 2.22. The second-order valence-electron chi connectivity index (χ2n) is 4.66. The zero-order chi connectivity index (χ0) is 15.7. The fourth-order valence-electron chi connectivity index (χ4n) is 2.22. The van der Waals surface area contributed by atoms with Gasteiger partial charge in [-0.25, -0.2) is 4.98 Å². The Morgan fingerprint density at radius 1 is 1.05 bits per heavy atom. The summed E-state index contributed by atoms with van der Waals surface area (Å²) in [6.45, 7) is 0. The molecule has 0 fully saturated rings. The van der Waals surface area contributed by atoms with Crippen LogP contribution in [0.3, 0.4) is 0 Å². The number of hydrogen-bond donors (Lipinski definition) is 0. The molecule has 6 heteroatoms. The average Bonchev–Trinajstić information content (AvgIpc) is 2.53. The summed E-state index contributed by atoms with van der Waals surface area (Å²) in [4.78, 5) is 8.47. The summed E-state index contributed by atoms with van der Waals surface area (Å²) in [5, 5.41) is 0. The summed E-state index contributed by atoms with van der Waals surface area (Å²) in [7, 11) is 1.48. The van der Waals surface area contributed by atoms with Gasteiger partial charge in [0.05, 0.1) is 18.2 Å². The van der Waals surface area contributed by atoms with Crippen molar-refractivity contribution in [3.8, 4) is 17.0 Å². The maximum Gasteiger partial charge on any atom is 0.416 e. The molecule has 0 aliphatic rings. The molecule has 0 unspecified atom stereocenters.